The zero-order valence-electron chi connectivity index (χ0n) is 22.5. The predicted molar refractivity (Wildman–Crippen MR) is 153 cm³/mol. The second-order valence-corrected chi connectivity index (χ2v) is 14.5. The average molecular weight is 606 g/mol. The Morgan fingerprint density at radius 1 is 0.929 bits per heavy atom. The van der Waals surface area contributed by atoms with E-state index in [0.29, 0.717) is 42.6 Å². The molecule has 2 saturated heterocycles. The van der Waals surface area contributed by atoms with Crippen LogP contribution in [-0.4, -0.2) is 74.2 Å². The Bertz CT molecular complexity index is 2000. The molecule has 0 amide bonds. The fourth-order valence-electron chi connectivity index (χ4n) is 6.38. The molecule has 1 unspecified atom stereocenters. The number of aromatic nitrogens is 7. The molecule has 6 heterocycles. The SMILES string of the molecule is CS(=O)(=O)c1c(C2C[C@H]3CC[C@@H](C2)N3S(=O)(=O)c2ncn[nH]2)nc2c(-c3ccc(-c4ccccc4)nc3)cnn2c1N. The van der Waals surface area contributed by atoms with Crippen LogP contribution in [0, 0.1) is 0 Å². The molecular formula is C27H27N9O4S2. The summed E-state index contributed by atoms with van der Waals surface area (Å²) in [4.78, 5) is 13.3. The summed E-state index contributed by atoms with van der Waals surface area (Å²) >= 11 is 0. The minimum absolute atomic E-state index is 0.0262. The van der Waals surface area contributed by atoms with Gasteiger partial charge in [-0.3, -0.25) is 4.98 Å². The van der Waals surface area contributed by atoms with Crippen molar-refractivity contribution in [3.8, 4) is 22.4 Å². The molecule has 2 aliphatic rings. The van der Waals surface area contributed by atoms with Crippen LogP contribution in [0.2, 0.25) is 0 Å². The van der Waals surface area contributed by atoms with Crippen molar-refractivity contribution in [3.05, 3.63) is 66.9 Å². The van der Waals surface area contributed by atoms with Gasteiger partial charge in [0.2, 0.25) is 0 Å². The second-order valence-electron chi connectivity index (χ2n) is 10.8. The molecule has 13 nitrogen and oxygen atoms in total. The van der Waals surface area contributed by atoms with Crippen LogP contribution in [0.5, 0.6) is 0 Å². The van der Waals surface area contributed by atoms with Gasteiger partial charge in [-0.15, -0.1) is 0 Å². The first kappa shape index (κ1) is 26.7. The zero-order valence-corrected chi connectivity index (χ0v) is 24.1. The molecule has 5 aromatic rings. The number of sulfonamides is 1. The second kappa shape index (κ2) is 9.68. The maximum atomic E-state index is 13.3. The van der Waals surface area contributed by atoms with Crippen molar-refractivity contribution in [1.29, 1.82) is 0 Å². The van der Waals surface area contributed by atoms with Gasteiger partial charge in [-0.1, -0.05) is 36.4 Å². The van der Waals surface area contributed by atoms with Gasteiger partial charge in [-0.05, 0) is 31.7 Å². The molecule has 4 aromatic heterocycles. The molecule has 0 radical (unpaired) electrons. The quantitative estimate of drug-likeness (QED) is 0.292. The van der Waals surface area contributed by atoms with Crippen molar-refractivity contribution in [2.45, 2.75) is 53.7 Å². The van der Waals surface area contributed by atoms with Crippen molar-refractivity contribution in [2.75, 3.05) is 12.0 Å². The van der Waals surface area contributed by atoms with Gasteiger partial charge in [-0.25, -0.2) is 31.9 Å². The Labute approximate surface area is 241 Å². The first-order valence-corrected chi connectivity index (χ1v) is 16.7. The highest BCUT2D eigenvalue weighted by Gasteiger charge is 2.49. The summed E-state index contributed by atoms with van der Waals surface area (Å²) in [5.41, 5.74) is 10.4. The molecule has 1 aromatic carbocycles. The number of hydrogen-bond donors (Lipinski definition) is 2. The van der Waals surface area contributed by atoms with Crippen LogP contribution >= 0.6 is 0 Å². The van der Waals surface area contributed by atoms with E-state index in [-0.39, 0.29) is 33.9 Å². The molecule has 42 heavy (non-hydrogen) atoms. The van der Waals surface area contributed by atoms with Crippen molar-refractivity contribution in [1.82, 2.24) is 39.1 Å². The molecule has 0 aliphatic carbocycles. The largest absolute Gasteiger partial charge is 0.382 e. The minimum atomic E-state index is -3.88. The number of sulfone groups is 1. The summed E-state index contributed by atoms with van der Waals surface area (Å²) in [6, 6.07) is 13.0. The Hall–Kier alpha value is -4.21. The van der Waals surface area contributed by atoms with E-state index in [0.717, 1.165) is 29.4 Å². The Balaban J connectivity index is 1.30. The van der Waals surface area contributed by atoms with Crippen molar-refractivity contribution in [2.24, 2.45) is 0 Å². The lowest BCUT2D eigenvalue weighted by molar-refractivity contribution is 0.221. The van der Waals surface area contributed by atoms with Crippen molar-refractivity contribution >= 4 is 31.3 Å². The van der Waals surface area contributed by atoms with Crippen LogP contribution in [0.15, 0.2) is 71.2 Å². The summed E-state index contributed by atoms with van der Waals surface area (Å²) in [5, 5.41) is 10.3. The van der Waals surface area contributed by atoms with Crippen molar-refractivity contribution in [3.63, 3.8) is 0 Å². The van der Waals surface area contributed by atoms with Crippen LogP contribution < -0.4 is 5.73 Å². The fourth-order valence-corrected chi connectivity index (χ4v) is 9.15. The zero-order chi connectivity index (χ0) is 29.2. The van der Waals surface area contributed by atoms with Crippen LogP contribution in [0.1, 0.15) is 37.3 Å². The van der Waals surface area contributed by atoms with Crippen LogP contribution in [0.3, 0.4) is 0 Å². The number of nitrogen functional groups attached to an aromatic ring is 1. The molecule has 15 heteroatoms. The molecule has 216 valence electrons. The summed E-state index contributed by atoms with van der Waals surface area (Å²) in [5.74, 6) is -0.358. The first-order chi connectivity index (χ1) is 20.1. The molecule has 2 aliphatic heterocycles. The van der Waals surface area contributed by atoms with E-state index in [1.54, 1.807) is 12.4 Å². The normalized spacial score (nSPS) is 21.2. The van der Waals surface area contributed by atoms with E-state index < -0.39 is 19.9 Å². The highest BCUT2D eigenvalue weighted by atomic mass is 32.2. The van der Waals surface area contributed by atoms with E-state index in [4.69, 9.17) is 10.7 Å². The lowest BCUT2D eigenvalue weighted by atomic mass is 9.89. The number of hydrogen-bond acceptors (Lipinski definition) is 10. The lowest BCUT2D eigenvalue weighted by Gasteiger charge is -2.37. The number of nitrogens with zero attached hydrogens (tertiary/aromatic N) is 7. The third kappa shape index (κ3) is 4.26. The smallest absolute Gasteiger partial charge is 0.278 e. The number of anilines is 1. The van der Waals surface area contributed by atoms with Gasteiger partial charge >= 0.3 is 0 Å². The standard InChI is InChI=1S/C27H27N9O4S2/c1-41(37,38)24-23(18-11-19-8-9-20(12-18)36(19)42(39,40)27-30-15-31-34-27)33-26-21(14-32-35(26)25(24)28)17-7-10-22(29-13-17)16-5-3-2-4-6-16/h2-7,10,13-15,18-20H,8-9,11-12,28H2,1H3,(H,30,31,34)/t18?,19-,20+. The van der Waals surface area contributed by atoms with Crippen LogP contribution in [0.4, 0.5) is 5.82 Å². The lowest BCUT2D eigenvalue weighted by Crippen LogP contribution is -2.46. The first-order valence-electron chi connectivity index (χ1n) is 13.4. The van der Waals surface area contributed by atoms with Gasteiger partial charge in [0, 0.05) is 47.1 Å². The van der Waals surface area contributed by atoms with Crippen LogP contribution in [0.25, 0.3) is 28.0 Å². The average Bonchev–Trinajstić information content (AvgIpc) is 3.72. The molecule has 7 rings (SSSR count). The van der Waals surface area contributed by atoms with Gasteiger partial charge in [0.05, 0.1) is 17.6 Å². The number of pyridine rings is 1. The van der Waals surface area contributed by atoms with Gasteiger partial charge in [0.15, 0.2) is 15.5 Å². The van der Waals surface area contributed by atoms with E-state index in [9.17, 15) is 16.8 Å². The van der Waals surface area contributed by atoms with E-state index in [1.165, 1.54) is 8.82 Å². The summed E-state index contributed by atoms with van der Waals surface area (Å²) in [6.45, 7) is 0. The number of benzene rings is 1. The number of piperidine rings is 1. The summed E-state index contributed by atoms with van der Waals surface area (Å²) < 4.78 is 55.6. The van der Waals surface area contributed by atoms with Crippen molar-refractivity contribution < 1.29 is 16.8 Å². The number of H-pyrrole nitrogens is 1. The predicted octanol–water partition coefficient (Wildman–Crippen LogP) is 2.66. The molecule has 3 atom stereocenters. The number of fused-ring (bicyclic) bond motifs is 3. The minimum Gasteiger partial charge on any atom is -0.382 e. The van der Waals surface area contributed by atoms with Gasteiger partial charge < -0.3 is 5.73 Å². The number of nitrogens with one attached hydrogen (secondary N) is 1. The van der Waals surface area contributed by atoms with Gasteiger partial charge in [-0.2, -0.15) is 19.0 Å². The topological polar surface area (TPSA) is 182 Å². The van der Waals surface area contributed by atoms with E-state index >= 15 is 0 Å². The Kier molecular flexibility index (Phi) is 6.14. The highest BCUT2D eigenvalue weighted by molar-refractivity contribution is 7.91. The third-order valence-corrected chi connectivity index (χ3v) is 11.1. The maximum absolute atomic E-state index is 13.3. The van der Waals surface area contributed by atoms with Gasteiger partial charge in [0.25, 0.3) is 15.2 Å². The number of rotatable bonds is 6. The molecule has 3 N–H and O–H groups in total. The fraction of sp³-hybridized carbons (Fsp3) is 0.296. The maximum Gasteiger partial charge on any atom is 0.278 e. The van der Waals surface area contributed by atoms with Gasteiger partial charge in [0.1, 0.15) is 17.0 Å². The molecule has 2 bridgehead atoms. The Morgan fingerprint density at radius 2 is 1.67 bits per heavy atom. The number of nitrogens with two attached hydrogens (primary N) is 1. The highest BCUT2D eigenvalue weighted by Crippen LogP contribution is 2.47. The number of aromatic amines is 1. The molecular weight excluding hydrogens is 578 g/mol. The van der Waals surface area contributed by atoms with Crippen LogP contribution in [-0.2, 0) is 19.9 Å². The van der Waals surface area contributed by atoms with E-state index in [2.05, 4.69) is 25.3 Å². The molecule has 2 fully saturated rings. The molecule has 0 saturated carbocycles. The summed E-state index contributed by atoms with van der Waals surface area (Å²) in [7, 11) is -7.68. The monoisotopic (exact) mass is 605 g/mol. The third-order valence-electron chi connectivity index (χ3n) is 8.15. The molecule has 0 spiro atoms. The Morgan fingerprint density at radius 3 is 2.29 bits per heavy atom. The summed E-state index contributed by atoms with van der Waals surface area (Å²) in [6.07, 6.45) is 7.69. The van der Waals surface area contributed by atoms with E-state index in [1.807, 2.05) is 42.5 Å².